The Morgan fingerprint density at radius 1 is 1.26 bits per heavy atom. The number of carboxylic acids is 1. The molecule has 0 amide bonds. The molecule has 1 aromatic heterocycles. The Morgan fingerprint density at radius 2 is 1.87 bits per heavy atom. The topological polar surface area (TPSA) is 132 Å². The van der Waals surface area contributed by atoms with Gasteiger partial charge in [-0.15, -0.1) is 0 Å². The van der Waals surface area contributed by atoms with Gasteiger partial charge in [0.25, 0.3) is 0 Å². The molecule has 2 atom stereocenters. The lowest BCUT2D eigenvalue weighted by molar-refractivity contribution is -0.141. The number of aliphatic carboxylic acids is 1. The molecule has 2 rings (SSSR count). The van der Waals surface area contributed by atoms with Gasteiger partial charge in [0.2, 0.25) is 10.0 Å². The first-order valence-corrected chi connectivity index (χ1v) is 8.22. The second kappa shape index (κ2) is 6.49. The number of aromatic nitrogens is 2. The van der Waals surface area contributed by atoms with Gasteiger partial charge in [0.05, 0.1) is 11.4 Å². The molecule has 124 valence electrons. The van der Waals surface area contributed by atoms with Gasteiger partial charge >= 0.3 is 5.97 Å². The lowest BCUT2D eigenvalue weighted by Crippen LogP contribution is -2.45. The third kappa shape index (κ3) is 3.58. The summed E-state index contributed by atoms with van der Waals surface area (Å²) >= 11 is 0. The average Bonchev–Trinajstić information content (AvgIpc) is 2.84. The number of H-pyrrole nitrogens is 1. The molecule has 0 radical (unpaired) electrons. The Kier molecular flexibility index (Phi) is 4.83. The molecular formula is C14H17N3O5S. The van der Waals surface area contributed by atoms with Crippen molar-refractivity contribution in [2.45, 2.75) is 30.9 Å². The summed E-state index contributed by atoms with van der Waals surface area (Å²) < 4.78 is 26.9. The fourth-order valence-electron chi connectivity index (χ4n) is 2.26. The number of carboxylic acid groups (broad SMARTS) is 1. The zero-order chi connectivity index (χ0) is 17.2. The number of sulfonamides is 1. The van der Waals surface area contributed by atoms with Crippen molar-refractivity contribution in [1.82, 2.24) is 14.9 Å². The molecule has 0 spiro atoms. The van der Waals surface area contributed by atoms with Crippen molar-refractivity contribution in [3.05, 3.63) is 47.3 Å². The molecule has 23 heavy (non-hydrogen) atoms. The van der Waals surface area contributed by atoms with Crippen LogP contribution in [-0.2, 0) is 14.8 Å². The number of aryl methyl sites for hydroxylation is 2. The van der Waals surface area contributed by atoms with E-state index in [1.54, 1.807) is 18.2 Å². The van der Waals surface area contributed by atoms with E-state index in [1.807, 2.05) is 4.72 Å². The lowest BCUT2D eigenvalue weighted by atomic mass is 10.0. The maximum atomic E-state index is 12.4. The number of aliphatic hydroxyl groups excluding tert-OH is 1. The van der Waals surface area contributed by atoms with Crippen LogP contribution < -0.4 is 4.72 Å². The summed E-state index contributed by atoms with van der Waals surface area (Å²) in [4.78, 5) is 11.3. The smallest absolute Gasteiger partial charge is 0.324 e. The number of benzene rings is 1. The summed E-state index contributed by atoms with van der Waals surface area (Å²) in [5.74, 6) is -1.48. The van der Waals surface area contributed by atoms with Crippen LogP contribution in [0.1, 0.15) is 23.1 Å². The first-order valence-electron chi connectivity index (χ1n) is 6.73. The quantitative estimate of drug-likeness (QED) is 0.605. The standard InChI is InChI=1S/C14H17N3O5S/c1-8-13(9(2)16-15-8)23(21,22)17-11(14(19)20)12(18)10-6-4-3-5-7-10/h3-7,11-12,17-18H,1-2H3,(H,15,16)(H,19,20). The highest BCUT2D eigenvalue weighted by Gasteiger charge is 2.34. The Labute approximate surface area is 133 Å². The maximum Gasteiger partial charge on any atom is 0.324 e. The van der Waals surface area contributed by atoms with Crippen LogP contribution in [0.4, 0.5) is 0 Å². The summed E-state index contributed by atoms with van der Waals surface area (Å²) in [5, 5.41) is 25.8. The second-order valence-corrected chi connectivity index (χ2v) is 6.71. The van der Waals surface area contributed by atoms with E-state index in [-0.39, 0.29) is 16.3 Å². The second-order valence-electron chi connectivity index (χ2n) is 5.06. The van der Waals surface area contributed by atoms with Crippen LogP contribution in [0.2, 0.25) is 0 Å². The number of nitrogens with one attached hydrogen (secondary N) is 2. The highest BCUT2D eigenvalue weighted by molar-refractivity contribution is 7.89. The van der Waals surface area contributed by atoms with Gasteiger partial charge in [0, 0.05) is 0 Å². The van der Waals surface area contributed by atoms with E-state index in [2.05, 4.69) is 10.2 Å². The molecule has 2 unspecified atom stereocenters. The normalized spacial score (nSPS) is 14.4. The first kappa shape index (κ1) is 17.1. The Hall–Kier alpha value is -2.23. The van der Waals surface area contributed by atoms with Gasteiger partial charge < -0.3 is 10.2 Å². The number of rotatable bonds is 6. The molecule has 9 heteroatoms. The van der Waals surface area contributed by atoms with Crippen LogP contribution in [0.25, 0.3) is 0 Å². The number of nitrogens with zero attached hydrogens (tertiary/aromatic N) is 1. The van der Waals surface area contributed by atoms with Crippen molar-refractivity contribution in [2.24, 2.45) is 0 Å². The van der Waals surface area contributed by atoms with Crippen LogP contribution in [0.5, 0.6) is 0 Å². The number of hydrogen-bond donors (Lipinski definition) is 4. The van der Waals surface area contributed by atoms with Gasteiger partial charge in [-0.3, -0.25) is 9.89 Å². The van der Waals surface area contributed by atoms with Crippen LogP contribution in [0.3, 0.4) is 0 Å². The molecular weight excluding hydrogens is 322 g/mol. The third-order valence-corrected chi connectivity index (χ3v) is 5.04. The first-order chi connectivity index (χ1) is 10.7. The molecule has 0 aliphatic heterocycles. The molecule has 0 bridgehead atoms. The van der Waals surface area contributed by atoms with Gasteiger partial charge in [-0.2, -0.15) is 9.82 Å². The third-order valence-electron chi connectivity index (χ3n) is 3.33. The minimum absolute atomic E-state index is 0.121. The number of carbonyl (C=O) groups is 1. The number of hydrogen-bond acceptors (Lipinski definition) is 5. The molecule has 4 N–H and O–H groups in total. The summed E-state index contributed by atoms with van der Waals surface area (Å²) in [6.07, 6.45) is -1.53. The Balaban J connectivity index is 2.35. The SMILES string of the molecule is Cc1n[nH]c(C)c1S(=O)(=O)NC(C(=O)O)C(O)c1ccccc1. The highest BCUT2D eigenvalue weighted by atomic mass is 32.2. The molecule has 2 aromatic rings. The van der Waals surface area contributed by atoms with Gasteiger partial charge in [0.15, 0.2) is 0 Å². The van der Waals surface area contributed by atoms with Gasteiger partial charge in [-0.25, -0.2) is 8.42 Å². The van der Waals surface area contributed by atoms with Crippen molar-refractivity contribution in [2.75, 3.05) is 0 Å². The molecule has 0 saturated heterocycles. The van der Waals surface area contributed by atoms with Crippen LogP contribution in [-0.4, -0.2) is 40.8 Å². The van der Waals surface area contributed by atoms with E-state index < -0.39 is 28.1 Å². The molecule has 0 aliphatic carbocycles. The molecule has 1 aromatic carbocycles. The molecule has 1 heterocycles. The van der Waals surface area contributed by atoms with Crippen LogP contribution >= 0.6 is 0 Å². The maximum absolute atomic E-state index is 12.4. The minimum Gasteiger partial charge on any atom is -0.480 e. The number of aromatic amines is 1. The van der Waals surface area contributed by atoms with E-state index >= 15 is 0 Å². The average molecular weight is 339 g/mol. The highest BCUT2D eigenvalue weighted by Crippen LogP contribution is 2.21. The summed E-state index contributed by atoms with van der Waals surface area (Å²) in [5.41, 5.74) is 0.796. The van der Waals surface area contributed by atoms with E-state index in [9.17, 15) is 23.4 Å². The van der Waals surface area contributed by atoms with Gasteiger partial charge in [-0.1, -0.05) is 30.3 Å². The van der Waals surface area contributed by atoms with Crippen LogP contribution in [0.15, 0.2) is 35.2 Å². The summed E-state index contributed by atoms with van der Waals surface area (Å²) in [6, 6.07) is 6.25. The zero-order valence-corrected chi connectivity index (χ0v) is 13.3. The largest absolute Gasteiger partial charge is 0.480 e. The molecule has 0 saturated carbocycles. The zero-order valence-electron chi connectivity index (χ0n) is 12.5. The Bertz CT molecular complexity index is 782. The van der Waals surface area contributed by atoms with Crippen molar-refractivity contribution in [1.29, 1.82) is 0 Å². The predicted octanol–water partition coefficient (Wildman–Crippen LogP) is 0.492. The fraction of sp³-hybridized carbons (Fsp3) is 0.286. The van der Waals surface area contributed by atoms with Crippen molar-refractivity contribution in [3.63, 3.8) is 0 Å². The van der Waals surface area contributed by atoms with E-state index in [0.717, 1.165) is 0 Å². The van der Waals surface area contributed by atoms with Gasteiger partial charge in [-0.05, 0) is 19.4 Å². The number of aliphatic hydroxyl groups is 1. The molecule has 0 aliphatic rings. The lowest BCUT2D eigenvalue weighted by Gasteiger charge is -2.20. The molecule has 0 fully saturated rings. The Morgan fingerprint density at radius 3 is 2.35 bits per heavy atom. The molecule has 8 nitrogen and oxygen atoms in total. The predicted molar refractivity (Wildman–Crippen MR) is 81.2 cm³/mol. The van der Waals surface area contributed by atoms with E-state index in [0.29, 0.717) is 5.56 Å². The fourth-order valence-corrected chi connectivity index (χ4v) is 3.82. The van der Waals surface area contributed by atoms with E-state index in [4.69, 9.17) is 0 Å². The van der Waals surface area contributed by atoms with Crippen molar-refractivity contribution >= 4 is 16.0 Å². The monoisotopic (exact) mass is 339 g/mol. The van der Waals surface area contributed by atoms with E-state index in [1.165, 1.54) is 26.0 Å². The minimum atomic E-state index is -4.16. The summed E-state index contributed by atoms with van der Waals surface area (Å²) in [6.45, 7) is 3.00. The van der Waals surface area contributed by atoms with Crippen molar-refractivity contribution < 1.29 is 23.4 Å². The van der Waals surface area contributed by atoms with Gasteiger partial charge in [0.1, 0.15) is 17.0 Å². The summed E-state index contributed by atoms with van der Waals surface area (Å²) in [7, 11) is -4.16. The van der Waals surface area contributed by atoms with Crippen molar-refractivity contribution in [3.8, 4) is 0 Å². The van der Waals surface area contributed by atoms with Crippen LogP contribution in [0, 0.1) is 13.8 Å².